The van der Waals surface area contributed by atoms with Crippen LogP contribution in [0.1, 0.15) is 0 Å². The summed E-state index contributed by atoms with van der Waals surface area (Å²) in [5.41, 5.74) is 0. The van der Waals surface area contributed by atoms with Crippen LogP contribution in [-0.2, 0) is 4.79 Å². The summed E-state index contributed by atoms with van der Waals surface area (Å²) >= 11 is 3.60. The van der Waals surface area contributed by atoms with Gasteiger partial charge in [0.1, 0.15) is 5.75 Å². The molecule has 0 aliphatic heterocycles. The highest BCUT2D eigenvalue weighted by Gasteiger charge is 1.88. The van der Waals surface area contributed by atoms with Crippen LogP contribution in [0.2, 0.25) is 0 Å². The van der Waals surface area contributed by atoms with Crippen LogP contribution in [0.15, 0.2) is 0 Å². The Morgan fingerprint density at radius 3 is 2.50 bits per heavy atom. The Kier molecular flexibility index (Phi) is 3.46. The molecule has 0 aliphatic carbocycles. The van der Waals surface area contributed by atoms with Gasteiger partial charge in [-0.1, -0.05) is 10.8 Å². The highest BCUT2D eigenvalue weighted by molar-refractivity contribution is 8.68. The third-order valence-electron chi connectivity index (χ3n) is 0.188. The molecule has 0 saturated heterocycles. The lowest BCUT2D eigenvalue weighted by atomic mass is 10.8. The van der Waals surface area contributed by atoms with Gasteiger partial charge in [0.2, 0.25) is 0 Å². The van der Waals surface area contributed by atoms with Crippen molar-refractivity contribution in [3.05, 3.63) is 0 Å². The van der Waals surface area contributed by atoms with Crippen LogP contribution < -0.4 is 0 Å². The summed E-state index contributed by atoms with van der Waals surface area (Å²) in [4.78, 5) is 9.53. The van der Waals surface area contributed by atoms with E-state index in [0.717, 1.165) is 10.8 Å². The van der Waals surface area contributed by atoms with Crippen molar-refractivity contribution in [1.29, 1.82) is 0 Å². The molecule has 0 spiro atoms. The summed E-state index contributed by atoms with van der Waals surface area (Å²) in [5.74, 6) is -0.752. The first-order chi connectivity index (χ1) is 2.77. The number of hydrogen-bond donors (Lipinski definition) is 2. The van der Waals surface area contributed by atoms with Gasteiger partial charge in [-0.25, -0.2) is 0 Å². The quantitative estimate of drug-likeness (QED) is 0.419. The number of carboxylic acid groups (broad SMARTS) is 1. The predicted molar refractivity (Wildman–Crippen MR) is 29.1 cm³/mol. The van der Waals surface area contributed by atoms with E-state index in [-0.39, 0.29) is 5.75 Å². The van der Waals surface area contributed by atoms with E-state index in [1.807, 2.05) is 0 Å². The van der Waals surface area contributed by atoms with E-state index < -0.39 is 5.97 Å². The SMILES string of the molecule is O=C(O)CSS. The molecule has 0 aliphatic rings. The van der Waals surface area contributed by atoms with Crippen molar-refractivity contribution in [3.63, 3.8) is 0 Å². The molecular formula is C2H4O2S2. The molecule has 0 amide bonds. The van der Waals surface area contributed by atoms with Crippen LogP contribution >= 0.6 is 22.5 Å². The second-order valence-corrected chi connectivity index (χ2v) is 1.99. The van der Waals surface area contributed by atoms with Gasteiger partial charge in [-0.15, -0.1) is 11.7 Å². The van der Waals surface area contributed by atoms with Gasteiger partial charge in [-0.2, -0.15) is 0 Å². The van der Waals surface area contributed by atoms with Crippen molar-refractivity contribution in [2.24, 2.45) is 0 Å². The van der Waals surface area contributed by atoms with Gasteiger partial charge in [0.25, 0.3) is 0 Å². The Labute approximate surface area is 44.7 Å². The van der Waals surface area contributed by atoms with Crippen molar-refractivity contribution in [3.8, 4) is 0 Å². The summed E-state index contributed by atoms with van der Waals surface area (Å²) in [7, 11) is 1.00. The van der Waals surface area contributed by atoms with Crippen LogP contribution in [0, 0.1) is 0 Å². The molecule has 0 radical (unpaired) electrons. The molecule has 2 nitrogen and oxygen atoms in total. The number of aliphatic carboxylic acids is 1. The maximum atomic E-state index is 9.53. The van der Waals surface area contributed by atoms with Crippen molar-refractivity contribution in [2.45, 2.75) is 0 Å². The lowest BCUT2D eigenvalue weighted by molar-refractivity contribution is -0.133. The van der Waals surface area contributed by atoms with Crippen molar-refractivity contribution < 1.29 is 9.90 Å². The van der Waals surface area contributed by atoms with Crippen LogP contribution in [-0.4, -0.2) is 16.8 Å². The van der Waals surface area contributed by atoms with Crippen LogP contribution in [0.5, 0.6) is 0 Å². The molecule has 0 fully saturated rings. The molecule has 1 N–H and O–H groups in total. The Morgan fingerprint density at radius 1 is 2.00 bits per heavy atom. The van der Waals surface area contributed by atoms with E-state index in [9.17, 15) is 4.79 Å². The topological polar surface area (TPSA) is 37.3 Å². The van der Waals surface area contributed by atoms with Gasteiger partial charge in [-0.05, 0) is 0 Å². The van der Waals surface area contributed by atoms with E-state index in [4.69, 9.17) is 5.11 Å². The fourth-order valence-electron chi connectivity index (χ4n) is 0.0552. The molecule has 0 heterocycles. The second-order valence-electron chi connectivity index (χ2n) is 0.667. The fourth-order valence-corrected chi connectivity index (χ4v) is 0.497. The molecule has 4 heteroatoms. The zero-order chi connectivity index (χ0) is 4.99. The molecule has 0 aromatic rings. The lowest BCUT2D eigenvalue weighted by Gasteiger charge is -1.79. The number of thiol groups is 1. The van der Waals surface area contributed by atoms with Crippen molar-refractivity contribution >= 4 is 28.4 Å². The fraction of sp³-hybridized carbons (Fsp3) is 0.500. The zero-order valence-electron chi connectivity index (χ0n) is 2.92. The normalized spacial score (nSPS) is 8.17. The predicted octanol–water partition coefficient (Wildman–Crippen LogP) is 0.649. The Balaban J connectivity index is 2.83. The maximum absolute atomic E-state index is 9.53. The van der Waals surface area contributed by atoms with Gasteiger partial charge in [0.15, 0.2) is 0 Å². The monoisotopic (exact) mass is 124 g/mol. The van der Waals surface area contributed by atoms with E-state index in [0.29, 0.717) is 0 Å². The number of carboxylic acids is 1. The molecule has 0 atom stereocenters. The number of carbonyl (C=O) groups is 1. The highest BCUT2D eigenvalue weighted by atomic mass is 33.1. The van der Waals surface area contributed by atoms with Crippen LogP contribution in [0.25, 0.3) is 0 Å². The zero-order valence-corrected chi connectivity index (χ0v) is 4.63. The number of rotatable bonds is 2. The third kappa shape index (κ3) is 4.17. The summed E-state index contributed by atoms with van der Waals surface area (Å²) < 4.78 is 0. The summed E-state index contributed by atoms with van der Waals surface area (Å²) in [6.45, 7) is 0. The Morgan fingerprint density at radius 2 is 2.50 bits per heavy atom. The average Bonchev–Trinajstić information content (AvgIpc) is 1.35. The lowest BCUT2D eigenvalue weighted by Crippen LogP contribution is -1.94. The molecule has 0 unspecified atom stereocenters. The van der Waals surface area contributed by atoms with Crippen LogP contribution in [0.3, 0.4) is 0 Å². The minimum absolute atomic E-state index is 0.0725. The minimum atomic E-state index is -0.824. The van der Waals surface area contributed by atoms with Gasteiger partial charge >= 0.3 is 5.97 Å². The molecule has 6 heavy (non-hydrogen) atoms. The third-order valence-corrected chi connectivity index (χ3v) is 0.951. The molecular weight excluding hydrogens is 120 g/mol. The smallest absolute Gasteiger partial charge is 0.314 e. The minimum Gasteiger partial charge on any atom is -0.481 e. The summed E-state index contributed by atoms with van der Waals surface area (Å²) in [5, 5.41) is 7.84. The molecule has 0 saturated carbocycles. The van der Waals surface area contributed by atoms with Gasteiger partial charge in [0.05, 0.1) is 0 Å². The molecule has 0 aromatic carbocycles. The highest BCUT2D eigenvalue weighted by Crippen LogP contribution is 2.01. The standard InChI is InChI=1S/C2H4O2S2/c3-2(4)1-6-5/h5H,1H2,(H,3,4). The number of hydrogen-bond acceptors (Lipinski definition) is 3. The van der Waals surface area contributed by atoms with Crippen molar-refractivity contribution in [1.82, 2.24) is 0 Å². The largest absolute Gasteiger partial charge is 0.481 e. The average molecular weight is 124 g/mol. The van der Waals surface area contributed by atoms with Gasteiger partial charge in [-0.3, -0.25) is 4.79 Å². The van der Waals surface area contributed by atoms with Gasteiger partial charge in [0, 0.05) is 0 Å². The first-order valence-electron chi connectivity index (χ1n) is 1.25. The molecule has 0 bridgehead atoms. The van der Waals surface area contributed by atoms with Crippen molar-refractivity contribution in [2.75, 3.05) is 5.75 Å². The first-order valence-corrected chi connectivity index (χ1v) is 3.29. The second kappa shape index (κ2) is 3.36. The maximum Gasteiger partial charge on any atom is 0.314 e. The summed E-state index contributed by atoms with van der Waals surface area (Å²) in [6, 6.07) is 0. The molecule has 0 rings (SSSR count). The Bertz CT molecular complexity index is 53.5. The summed E-state index contributed by atoms with van der Waals surface area (Å²) in [6.07, 6.45) is 0. The van der Waals surface area contributed by atoms with Gasteiger partial charge < -0.3 is 5.11 Å². The first kappa shape index (κ1) is 6.17. The van der Waals surface area contributed by atoms with E-state index in [1.165, 1.54) is 0 Å². The molecule has 0 aromatic heterocycles. The van der Waals surface area contributed by atoms with E-state index in [2.05, 4.69) is 11.7 Å². The molecule has 36 valence electrons. The Hall–Kier alpha value is 0.170. The van der Waals surface area contributed by atoms with E-state index >= 15 is 0 Å². The van der Waals surface area contributed by atoms with Crippen LogP contribution in [0.4, 0.5) is 0 Å². The van der Waals surface area contributed by atoms with E-state index in [1.54, 1.807) is 0 Å².